The molecule has 4 bridgehead atoms. The molecule has 6 aliphatic rings. The number of piperidine rings is 2. The van der Waals surface area contributed by atoms with E-state index in [0.717, 1.165) is 61.6 Å². The third-order valence-electron chi connectivity index (χ3n) is 8.13. The normalized spacial score (nSPS) is 31.8. The van der Waals surface area contributed by atoms with Crippen molar-refractivity contribution in [2.75, 3.05) is 41.5 Å². The van der Waals surface area contributed by atoms with Crippen LogP contribution in [-0.4, -0.2) is 61.5 Å². The van der Waals surface area contributed by atoms with Gasteiger partial charge in [-0.2, -0.15) is 0 Å². The summed E-state index contributed by atoms with van der Waals surface area (Å²) in [6.45, 7) is 3.61. The maximum atomic E-state index is 14.1. The molecule has 1 aromatic heterocycles. The number of anilines is 4. The lowest BCUT2D eigenvalue weighted by molar-refractivity contribution is -0.125. The van der Waals surface area contributed by atoms with Crippen molar-refractivity contribution in [2.45, 2.75) is 56.5 Å². The summed E-state index contributed by atoms with van der Waals surface area (Å²) in [6.07, 6.45) is 6.06. The Labute approximate surface area is 199 Å². The summed E-state index contributed by atoms with van der Waals surface area (Å²) in [5.74, 6) is 1.03. The van der Waals surface area contributed by atoms with E-state index in [-0.39, 0.29) is 23.9 Å². The minimum atomic E-state index is -0.00530. The standard InChI is InChI=1S/C26H31N5O3/c32-26(17-8-18-13-33-14-19(9-17)28-18)31-11-16-2-1-7-27-25(16)29-23-6-4-20(10-24(23)31)30-12-22-5-3-21(30)15-34-22/h1-2,4,6-7,10,17-19,21-22,28H,3,5,8-9,11-15H2,(H,27,29)/t17?,18-,19+,21?,22?. The fourth-order valence-corrected chi connectivity index (χ4v) is 6.41. The first-order chi connectivity index (χ1) is 16.7. The van der Waals surface area contributed by atoms with E-state index in [9.17, 15) is 4.79 Å². The van der Waals surface area contributed by atoms with Crippen LogP contribution < -0.4 is 20.4 Å². The lowest BCUT2D eigenvalue weighted by atomic mass is 9.85. The van der Waals surface area contributed by atoms with Crippen LogP contribution in [0.4, 0.5) is 22.9 Å². The first kappa shape index (κ1) is 20.7. The molecule has 0 aliphatic carbocycles. The number of ether oxygens (including phenoxy) is 2. The second-order valence-electron chi connectivity index (χ2n) is 10.4. The predicted octanol–water partition coefficient (Wildman–Crippen LogP) is 2.81. The highest BCUT2D eigenvalue weighted by Gasteiger charge is 2.39. The van der Waals surface area contributed by atoms with Crippen molar-refractivity contribution in [3.63, 3.8) is 0 Å². The maximum absolute atomic E-state index is 14.1. The van der Waals surface area contributed by atoms with Crippen LogP contribution in [0.5, 0.6) is 0 Å². The molecular weight excluding hydrogens is 430 g/mol. The van der Waals surface area contributed by atoms with E-state index >= 15 is 0 Å². The molecule has 5 atom stereocenters. The second-order valence-corrected chi connectivity index (χ2v) is 10.4. The molecule has 0 radical (unpaired) electrons. The molecule has 178 valence electrons. The predicted molar refractivity (Wildman–Crippen MR) is 130 cm³/mol. The highest BCUT2D eigenvalue weighted by atomic mass is 16.5. The summed E-state index contributed by atoms with van der Waals surface area (Å²) < 4.78 is 11.7. The molecule has 3 unspecified atom stereocenters. The van der Waals surface area contributed by atoms with Crippen LogP contribution in [-0.2, 0) is 20.8 Å². The zero-order valence-electron chi connectivity index (χ0n) is 19.3. The van der Waals surface area contributed by atoms with Crippen LogP contribution >= 0.6 is 0 Å². The molecule has 0 saturated carbocycles. The van der Waals surface area contributed by atoms with E-state index in [1.54, 1.807) is 6.20 Å². The highest BCUT2D eigenvalue weighted by Crippen LogP contribution is 2.41. The number of hydrogen-bond acceptors (Lipinski definition) is 7. The Morgan fingerprint density at radius 2 is 1.97 bits per heavy atom. The highest BCUT2D eigenvalue weighted by molar-refractivity contribution is 6.00. The Hall–Kier alpha value is -2.68. The third-order valence-corrected chi connectivity index (χ3v) is 8.13. The minimum absolute atomic E-state index is 0.00530. The van der Waals surface area contributed by atoms with Gasteiger partial charge in [-0.25, -0.2) is 4.98 Å². The molecule has 5 fully saturated rings. The van der Waals surface area contributed by atoms with Gasteiger partial charge in [-0.15, -0.1) is 0 Å². The van der Waals surface area contributed by atoms with Gasteiger partial charge in [0.25, 0.3) is 0 Å². The summed E-state index contributed by atoms with van der Waals surface area (Å²) in [5.41, 5.74) is 4.09. The average Bonchev–Trinajstić information content (AvgIpc) is 3.05. The van der Waals surface area contributed by atoms with Crippen molar-refractivity contribution in [2.24, 2.45) is 5.92 Å². The second kappa shape index (κ2) is 8.22. The van der Waals surface area contributed by atoms with Gasteiger partial charge in [-0.1, -0.05) is 6.07 Å². The van der Waals surface area contributed by atoms with E-state index < -0.39 is 0 Å². The monoisotopic (exact) mass is 461 g/mol. The van der Waals surface area contributed by atoms with Crippen LogP contribution in [0.3, 0.4) is 0 Å². The van der Waals surface area contributed by atoms with Crippen LogP contribution in [0.2, 0.25) is 0 Å². The zero-order chi connectivity index (χ0) is 22.6. The fraction of sp³-hybridized carbons (Fsp3) is 0.538. The lowest BCUT2D eigenvalue weighted by Crippen LogP contribution is -2.56. The number of nitrogens with one attached hydrogen (secondary N) is 2. The Balaban J connectivity index is 1.26. The molecule has 2 aromatic rings. The smallest absolute Gasteiger partial charge is 0.230 e. The Kier molecular flexibility index (Phi) is 5.00. The Morgan fingerprint density at radius 3 is 2.74 bits per heavy atom. The van der Waals surface area contributed by atoms with Gasteiger partial charge in [0.15, 0.2) is 0 Å². The first-order valence-electron chi connectivity index (χ1n) is 12.6. The van der Waals surface area contributed by atoms with Crippen LogP contribution in [0, 0.1) is 5.92 Å². The zero-order valence-corrected chi connectivity index (χ0v) is 19.3. The topological polar surface area (TPSA) is 79.0 Å². The number of pyridine rings is 1. The van der Waals surface area contributed by atoms with Crippen molar-refractivity contribution >= 4 is 28.8 Å². The summed E-state index contributed by atoms with van der Waals surface area (Å²) in [4.78, 5) is 23.2. The van der Waals surface area contributed by atoms with Crippen molar-refractivity contribution in [3.05, 3.63) is 42.1 Å². The summed E-state index contributed by atoms with van der Waals surface area (Å²) in [5, 5.41) is 7.13. The van der Waals surface area contributed by atoms with Crippen LogP contribution in [0.15, 0.2) is 36.5 Å². The molecule has 8 nitrogen and oxygen atoms in total. The number of nitrogens with zero attached hydrogens (tertiary/aromatic N) is 3. The molecule has 8 heteroatoms. The minimum Gasteiger partial charge on any atom is -0.378 e. The number of carbonyl (C=O) groups excluding carboxylic acids is 1. The van der Waals surface area contributed by atoms with Crippen LogP contribution in [0.25, 0.3) is 0 Å². The van der Waals surface area contributed by atoms with Crippen LogP contribution in [0.1, 0.15) is 31.2 Å². The molecule has 0 spiro atoms. The SMILES string of the molecule is O=C(C1C[C@H]2COC[C@@H](C1)N2)N1Cc2cccnc2Nc2ccc(N3CC4CCC3CO4)cc21. The first-order valence-corrected chi connectivity index (χ1v) is 12.6. The number of hydrogen-bond donors (Lipinski definition) is 2. The quantitative estimate of drug-likeness (QED) is 0.712. The van der Waals surface area contributed by atoms with E-state index in [1.807, 2.05) is 11.0 Å². The largest absolute Gasteiger partial charge is 0.378 e. The molecule has 2 N–H and O–H groups in total. The molecule has 34 heavy (non-hydrogen) atoms. The molecule has 1 aromatic carbocycles. The van der Waals surface area contributed by atoms with Crippen molar-refractivity contribution in [3.8, 4) is 0 Å². The van der Waals surface area contributed by atoms with E-state index in [0.29, 0.717) is 31.9 Å². The van der Waals surface area contributed by atoms with Crippen molar-refractivity contribution in [1.29, 1.82) is 0 Å². The van der Waals surface area contributed by atoms with Gasteiger partial charge in [0.05, 0.1) is 49.9 Å². The number of aromatic nitrogens is 1. The van der Waals surface area contributed by atoms with E-state index in [2.05, 4.69) is 44.8 Å². The Morgan fingerprint density at radius 1 is 1.09 bits per heavy atom. The average molecular weight is 462 g/mol. The van der Waals surface area contributed by atoms with Crippen molar-refractivity contribution < 1.29 is 14.3 Å². The van der Waals surface area contributed by atoms with Gasteiger partial charge in [-0.05, 0) is 49.9 Å². The molecule has 5 saturated heterocycles. The Bertz CT molecular complexity index is 1090. The number of rotatable bonds is 2. The van der Waals surface area contributed by atoms with Gasteiger partial charge in [0, 0.05) is 42.0 Å². The number of amides is 1. The van der Waals surface area contributed by atoms with Gasteiger partial charge >= 0.3 is 0 Å². The number of morpholine rings is 2. The van der Waals surface area contributed by atoms with E-state index in [1.165, 1.54) is 5.69 Å². The molecule has 8 rings (SSSR count). The maximum Gasteiger partial charge on any atom is 0.230 e. The lowest BCUT2D eigenvalue weighted by Gasteiger charge is -2.46. The summed E-state index contributed by atoms with van der Waals surface area (Å²) in [7, 11) is 0. The number of carbonyl (C=O) groups is 1. The molecule has 7 heterocycles. The van der Waals surface area contributed by atoms with E-state index in [4.69, 9.17) is 9.47 Å². The fourth-order valence-electron chi connectivity index (χ4n) is 6.41. The third kappa shape index (κ3) is 3.56. The summed E-state index contributed by atoms with van der Waals surface area (Å²) in [6, 6.07) is 11.4. The number of fused-ring (bicyclic) bond motifs is 7. The van der Waals surface area contributed by atoms with Gasteiger partial charge in [0.1, 0.15) is 5.82 Å². The van der Waals surface area contributed by atoms with Gasteiger partial charge in [0.2, 0.25) is 5.91 Å². The molecular formula is C26H31N5O3. The number of benzene rings is 1. The summed E-state index contributed by atoms with van der Waals surface area (Å²) >= 11 is 0. The van der Waals surface area contributed by atoms with Gasteiger partial charge in [-0.3, -0.25) is 4.79 Å². The molecule has 1 amide bonds. The van der Waals surface area contributed by atoms with Crippen molar-refractivity contribution in [1.82, 2.24) is 10.3 Å². The molecule has 6 aliphatic heterocycles. The van der Waals surface area contributed by atoms with Gasteiger partial charge < -0.3 is 29.9 Å².